The maximum Gasteiger partial charge on any atom is 0.123 e. The monoisotopic (exact) mass is 162 g/mol. The van der Waals surface area contributed by atoms with Crippen LogP contribution >= 0.6 is 0 Å². The van der Waals surface area contributed by atoms with Crippen molar-refractivity contribution in [2.75, 3.05) is 0 Å². The molecule has 1 aromatic carbocycles. The number of benzene rings is 1. The van der Waals surface area contributed by atoms with Gasteiger partial charge in [-0.05, 0) is 30.7 Å². The molecule has 0 aliphatic carbocycles. The largest absolute Gasteiger partial charge is 0.207 e. The van der Waals surface area contributed by atoms with Gasteiger partial charge in [0.15, 0.2) is 0 Å². The smallest absolute Gasteiger partial charge is 0.123 e. The Kier molecular flexibility index (Phi) is 3.35. The van der Waals surface area contributed by atoms with Crippen LogP contribution in [0.4, 0.5) is 4.39 Å². The summed E-state index contributed by atoms with van der Waals surface area (Å²) in [5, 5.41) is 0. The average Bonchev–Trinajstić information content (AvgIpc) is 2.09. The van der Waals surface area contributed by atoms with E-state index in [2.05, 4.69) is 18.8 Å². The number of halogens is 1. The highest BCUT2D eigenvalue weighted by atomic mass is 19.1. The second-order valence-electron chi connectivity index (χ2n) is 2.56. The zero-order chi connectivity index (χ0) is 8.81. The zero-order valence-corrected chi connectivity index (χ0v) is 7.10. The first-order valence-electron chi connectivity index (χ1n) is 4.07. The predicted molar refractivity (Wildman–Crippen MR) is 48.2 cm³/mol. The minimum Gasteiger partial charge on any atom is -0.207 e. The molecule has 0 heterocycles. The van der Waals surface area contributed by atoms with Crippen LogP contribution in [0, 0.1) is 17.7 Å². The number of unbranched alkanes of at least 4 members (excludes halogenated alkanes) is 1. The van der Waals surface area contributed by atoms with E-state index in [-0.39, 0.29) is 5.82 Å². The summed E-state index contributed by atoms with van der Waals surface area (Å²) in [4.78, 5) is 0. The molecule has 0 amide bonds. The van der Waals surface area contributed by atoms with Crippen LogP contribution in [0.3, 0.4) is 0 Å². The summed E-state index contributed by atoms with van der Waals surface area (Å²) in [6.45, 7) is 2.08. The first kappa shape index (κ1) is 8.80. The Morgan fingerprint density at radius 1 is 1.25 bits per heavy atom. The van der Waals surface area contributed by atoms with Crippen molar-refractivity contribution in [2.24, 2.45) is 0 Å². The fraction of sp³-hybridized carbons (Fsp3) is 0.273. The summed E-state index contributed by atoms with van der Waals surface area (Å²) in [6, 6.07) is 6.24. The Morgan fingerprint density at radius 3 is 2.50 bits per heavy atom. The Hall–Kier alpha value is -1.29. The molecule has 0 unspecified atom stereocenters. The molecule has 0 spiro atoms. The normalized spacial score (nSPS) is 8.83. The summed E-state index contributed by atoms with van der Waals surface area (Å²) < 4.78 is 12.4. The molecule has 1 rings (SSSR count). The van der Waals surface area contributed by atoms with E-state index in [0.29, 0.717) is 0 Å². The second kappa shape index (κ2) is 4.56. The molecule has 0 saturated carbocycles. The zero-order valence-electron chi connectivity index (χ0n) is 7.10. The Morgan fingerprint density at radius 2 is 1.92 bits per heavy atom. The summed E-state index contributed by atoms with van der Waals surface area (Å²) in [5.41, 5.74) is 0.879. The van der Waals surface area contributed by atoms with Gasteiger partial charge in [0.2, 0.25) is 0 Å². The summed E-state index contributed by atoms with van der Waals surface area (Å²) in [6.07, 6.45) is 1.96. The van der Waals surface area contributed by atoms with E-state index in [9.17, 15) is 4.39 Å². The first-order chi connectivity index (χ1) is 5.83. The van der Waals surface area contributed by atoms with Crippen molar-refractivity contribution >= 4 is 0 Å². The van der Waals surface area contributed by atoms with E-state index in [4.69, 9.17) is 0 Å². The molecule has 0 N–H and O–H groups in total. The van der Waals surface area contributed by atoms with E-state index < -0.39 is 0 Å². The van der Waals surface area contributed by atoms with E-state index in [1.807, 2.05) is 0 Å². The summed E-state index contributed by atoms with van der Waals surface area (Å²) in [7, 11) is 0. The quantitative estimate of drug-likeness (QED) is 0.557. The maximum absolute atomic E-state index is 12.4. The van der Waals surface area contributed by atoms with Gasteiger partial charge in [0.05, 0.1) is 0 Å². The third-order valence-electron chi connectivity index (χ3n) is 1.45. The third-order valence-corrected chi connectivity index (χ3v) is 1.45. The summed E-state index contributed by atoms with van der Waals surface area (Å²) in [5.74, 6) is 5.74. The lowest BCUT2D eigenvalue weighted by atomic mass is 10.2. The molecule has 0 atom stereocenters. The summed E-state index contributed by atoms with van der Waals surface area (Å²) >= 11 is 0. The van der Waals surface area contributed by atoms with Crippen molar-refractivity contribution < 1.29 is 4.39 Å². The first-order valence-corrected chi connectivity index (χ1v) is 4.07. The molecular formula is C11H11F. The number of hydrogen-bond acceptors (Lipinski definition) is 0. The van der Waals surface area contributed by atoms with Crippen molar-refractivity contribution in [2.45, 2.75) is 19.8 Å². The molecule has 0 saturated heterocycles. The van der Waals surface area contributed by atoms with Crippen LogP contribution in [-0.4, -0.2) is 0 Å². The van der Waals surface area contributed by atoms with Gasteiger partial charge in [-0.1, -0.05) is 18.8 Å². The van der Waals surface area contributed by atoms with Crippen LogP contribution in [0.25, 0.3) is 0 Å². The minimum atomic E-state index is -0.212. The molecule has 0 fully saturated rings. The van der Waals surface area contributed by atoms with E-state index in [0.717, 1.165) is 18.4 Å². The SMILES string of the molecule is CCCC#Cc1ccc(F)cc1. The second-order valence-corrected chi connectivity index (χ2v) is 2.56. The molecule has 62 valence electrons. The van der Waals surface area contributed by atoms with Crippen LogP contribution in [-0.2, 0) is 0 Å². The topological polar surface area (TPSA) is 0 Å². The van der Waals surface area contributed by atoms with Gasteiger partial charge in [-0.25, -0.2) is 4.39 Å². The van der Waals surface area contributed by atoms with Gasteiger partial charge in [-0.15, -0.1) is 0 Å². The van der Waals surface area contributed by atoms with Gasteiger partial charge in [0, 0.05) is 12.0 Å². The van der Waals surface area contributed by atoms with Crippen LogP contribution < -0.4 is 0 Å². The maximum atomic E-state index is 12.4. The molecule has 0 aliphatic rings. The van der Waals surface area contributed by atoms with E-state index >= 15 is 0 Å². The molecule has 0 nitrogen and oxygen atoms in total. The Bertz CT molecular complexity index is 287. The van der Waals surface area contributed by atoms with E-state index in [1.165, 1.54) is 12.1 Å². The van der Waals surface area contributed by atoms with Gasteiger partial charge < -0.3 is 0 Å². The van der Waals surface area contributed by atoms with Crippen molar-refractivity contribution in [1.29, 1.82) is 0 Å². The molecule has 0 bridgehead atoms. The Balaban J connectivity index is 2.66. The van der Waals surface area contributed by atoms with Crippen LogP contribution in [0.1, 0.15) is 25.3 Å². The molecule has 1 aromatic rings. The minimum absolute atomic E-state index is 0.212. The van der Waals surface area contributed by atoms with Crippen molar-refractivity contribution in [3.63, 3.8) is 0 Å². The molecule has 0 aromatic heterocycles. The predicted octanol–water partition coefficient (Wildman–Crippen LogP) is 2.98. The van der Waals surface area contributed by atoms with Crippen LogP contribution in [0.15, 0.2) is 24.3 Å². The van der Waals surface area contributed by atoms with Gasteiger partial charge in [-0.2, -0.15) is 0 Å². The lowest BCUT2D eigenvalue weighted by molar-refractivity contribution is 0.627. The van der Waals surface area contributed by atoms with Gasteiger partial charge >= 0.3 is 0 Å². The molecule has 12 heavy (non-hydrogen) atoms. The highest BCUT2D eigenvalue weighted by Gasteiger charge is 1.87. The standard InChI is InChI=1S/C11H11F/c1-2-3-4-5-10-6-8-11(12)9-7-10/h6-9H,2-3H2,1H3. The molecule has 0 radical (unpaired) electrons. The van der Waals surface area contributed by atoms with Crippen LogP contribution in [0.2, 0.25) is 0 Å². The number of rotatable bonds is 1. The fourth-order valence-electron chi connectivity index (χ4n) is 0.823. The van der Waals surface area contributed by atoms with E-state index in [1.54, 1.807) is 12.1 Å². The highest BCUT2D eigenvalue weighted by Crippen LogP contribution is 2.00. The Labute approximate surface area is 72.4 Å². The van der Waals surface area contributed by atoms with Gasteiger partial charge in [0.25, 0.3) is 0 Å². The van der Waals surface area contributed by atoms with Crippen molar-refractivity contribution in [3.8, 4) is 11.8 Å². The molecule has 1 heteroatoms. The highest BCUT2D eigenvalue weighted by molar-refractivity contribution is 5.33. The van der Waals surface area contributed by atoms with Gasteiger partial charge in [-0.3, -0.25) is 0 Å². The average molecular weight is 162 g/mol. The lowest BCUT2D eigenvalue weighted by Gasteiger charge is -1.88. The fourth-order valence-corrected chi connectivity index (χ4v) is 0.823. The number of hydrogen-bond donors (Lipinski definition) is 0. The molecular weight excluding hydrogens is 151 g/mol. The van der Waals surface area contributed by atoms with Crippen molar-refractivity contribution in [1.82, 2.24) is 0 Å². The van der Waals surface area contributed by atoms with Gasteiger partial charge in [0.1, 0.15) is 5.82 Å². The van der Waals surface area contributed by atoms with Crippen molar-refractivity contribution in [3.05, 3.63) is 35.6 Å². The third kappa shape index (κ3) is 2.75. The van der Waals surface area contributed by atoms with Crippen LogP contribution in [0.5, 0.6) is 0 Å². The molecule has 0 aliphatic heterocycles. The lowest BCUT2D eigenvalue weighted by Crippen LogP contribution is -1.75.